The number of hydrogen-bond donors (Lipinski definition) is 0. The van der Waals surface area contributed by atoms with Crippen LogP contribution in [0.3, 0.4) is 0 Å². The van der Waals surface area contributed by atoms with Crippen molar-refractivity contribution in [2.24, 2.45) is 0 Å². The van der Waals surface area contributed by atoms with Crippen molar-refractivity contribution in [3.05, 3.63) is 218 Å². The fourth-order valence-electron chi connectivity index (χ4n) is 9.72. The van der Waals surface area contributed by atoms with Crippen LogP contribution in [0.15, 0.2) is 218 Å². The fourth-order valence-corrected chi connectivity index (χ4v) is 9.72. The summed E-state index contributed by atoms with van der Waals surface area (Å²) in [5.74, 6) is 0. The largest absolute Gasteiger partial charge is 0.0616 e. The third kappa shape index (κ3) is 5.09. The average molecular weight is 733 g/mol. The molecule has 58 heavy (non-hydrogen) atoms. The first-order valence-electron chi connectivity index (χ1n) is 20.2. The summed E-state index contributed by atoms with van der Waals surface area (Å²) in [7, 11) is 0. The van der Waals surface area contributed by atoms with Gasteiger partial charge >= 0.3 is 0 Å². The Morgan fingerprint density at radius 2 is 0.638 bits per heavy atom. The molecule has 0 saturated carbocycles. The van der Waals surface area contributed by atoms with Gasteiger partial charge in [0.05, 0.1) is 0 Å². The van der Waals surface area contributed by atoms with Crippen LogP contribution in [0, 0.1) is 0 Å². The van der Waals surface area contributed by atoms with Crippen molar-refractivity contribution in [2.75, 3.05) is 0 Å². The Kier molecular flexibility index (Phi) is 7.33. The van der Waals surface area contributed by atoms with Gasteiger partial charge in [-0.25, -0.2) is 0 Å². The van der Waals surface area contributed by atoms with Crippen LogP contribution in [0.2, 0.25) is 0 Å². The molecule has 268 valence electrons. The van der Waals surface area contributed by atoms with Crippen LogP contribution < -0.4 is 0 Å². The molecule has 0 atom stereocenters. The molecule has 0 saturated heterocycles. The van der Waals surface area contributed by atoms with E-state index in [-0.39, 0.29) is 0 Å². The van der Waals surface area contributed by atoms with Crippen LogP contribution in [0.4, 0.5) is 0 Å². The zero-order valence-electron chi connectivity index (χ0n) is 31.8. The Labute approximate surface area is 336 Å². The van der Waals surface area contributed by atoms with Crippen molar-refractivity contribution in [1.82, 2.24) is 0 Å². The number of fused-ring (bicyclic) bond motifs is 8. The topological polar surface area (TPSA) is 0 Å². The molecule has 0 radical (unpaired) electrons. The van der Waals surface area contributed by atoms with Gasteiger partial charge in [-0.05, 0) is 144 Å². The molecule has 0 aliphatic rings. The van der Waals surface area contributed by atoms with Crippen LogP contribution >= 0.6 is 0 Å². The van der Waals surface area contributed by atoms with E-state index in [4.69, 9.17) is 0 Å². The summed E-state index contributed by atoms with van der Waals surface area (Å²) < 4.78 is 0. The predicted molar refractivity (Wildman–Crippen MR) is 251 cm³/mol. The molecule has 0 heteroatoms. The minimum absolute atomic E-state index is 1.21. The lowest BCUT2D eigenvalue weighted by atomic mass is 9.81. The molecule has 0 aliphatic heterocycles. The van der Waals surface area contributed by atoms with Crippen LogP contribution in [-0.4, -0.2) is 0 Å². The zero-order chi connectivity index (χ0) is 38.2. The summed E-state index contributed by atoms with van der Waals surface area (Å²) in [5, 5.41) is 17.5. The monoisotopic (exact) mass is 732 g/mol. The van der Waals surface area contributed by atoms with Gasteiger partial charge in [0.15, 0.2) is 0 Å². The van der Waals surface area contributed by atoms with Gasteiger partial charge in [-0.2, -0.15) is 0 Å². The second kappa shape index (κ2) is 13.0. The highest BCUT2D eigenvalue weighted by Gasteiger charge is 2.21. The molecule has 0 nitrogen and oxygen atoms in total. The van der Waals surface area contributed by atoms with Crippen LogP contribution in [0.5, 0.6) is 0 Å². The lowest BCUT2D eigenvalue weighted by molar-refractivity contribution is 1.65. The van der Waals surface area contributed by atoms with Crippen LogP contribution in [-0.2, 0) is 0 Å². The van der Waals surface area contributed by atoms with Gasteiger partial charge in [0.2, 0.25) is 0 Å². The number of rotatable bonds is 4. The Bertz CT molecular complexity index is 3610. The van der Waals surface area contributed by atoms with Gasteiger partial charge in [0.1, 0.15) is 0 Å². The van der Waals surface area contributed by atoms with Crippen molar-refractivity contribution in [3.8, 4) is 44.5 Å². The van der Waals surface area contributed by atoms with E-state index >= 15 is 0 Å². The van der Waals surface area contributed by atoms with Crippen molar-refractivity contribution in [2.45, 2.75) is 0 Å². The van der Waals surface area contributed by atoms with E-state index in [1.54, 1.807) is 0 Å². The Morgan fingerprint density at radius 3 is 1.29 bits per heavy atom. The first-order valence-corrected chi connectivity index (χ1v) is 20.2. The van der Waals surface area contributed by atoms with E-state index in [1.165, 1.54) is 120 Å². The molecule has 12 aromatic rings. The molecule has 0 N–H and O–H groups in total. The first-order chi connectivity index (χ1) is 28.8. The molecule has 12 rings (SSSR count). The van der Waals surface area contributed by atoms with Crippen molar-refractivity contribution < 1.29 is 0 Å². The number of hydrogen-bond acceptors (Lipinski definition) is 0. The van der Waals surface area contributed by atoms with Gasteiger partial charge in [-0.3, -0.25) is 0 Å². The fraction of sp³-hybridized carbons (Fsp3) is 0. The normalized spacial score (nSPS) is 11.8. The van der Waals surface area contributed by atoms with Gasteiger partial charge in [-0.1, -0.05) is 194 Å². The third-order valence-corrected chi connectivity index (χ3v) is 12.4. The highest BCUT2D eigenvalue weighted by atomic mass is 14.2. The SMILES string of the molecule is c1ccc2cc(-c3c4cc(-c5cccc6ccccc56)ccc4c(-c4cc5ccccc5c5ccccc45)c4cc(-c5cccc6ccccc56)ccc34)ccc2c1. The predicted octanol–water partition coefficient (Wildman–Crippen LogP) is 16.4. The minimum atomic E-state index is 1.21. The quantitative estimate of drug-likeness (QED) is 0.125. The van der Waals surface area contributed by atoms with Crippen LogP contribution in [0.1, 0.15) is 0 Å². The van der Waals surface area contributed by atoms with E-state index in [0.29, 0.717) is 0 Å². The third-order valence-electron chi connectivity index (χ3n) is 12.4. The lowest BCUT2D eigenvalue weighted by Crippen LogP contribution is -1.94. The smallest absolute Gasteiger partial charge is 0.00197 e. The molecule has 12 aromatic carbocycles. The zero-order valence-corrected chi connectivity index (χ0v) is 31.8. The molecule has 0 heterocycles. The molecular formula is C58H36. The first kappa shape index (κ1) is 32.7. The molecule has 0 unspecified atom stereocenters. The Morgan fingerprint density at radius 1 is 0.172 bits per heavy atom. The second-order valence-electron chi connectivity index (χ2n) is 15.6. The van der Waals surface area contributed by atoms with Gasteiger partial charge < -0.3 is 0 Å². The molecule has 0 aliphatic carbocycles. The summed E-state index contributed by atoms with van der Waals surface area (Å²) in [5.41, 5.74) is 9.92. The maximum atomic E-state index is 2.47. The molecule has 0 amide bonds. The summed E-state index contributed by atoms with van der Waals surface area (Å²) >= 11 is 0. The van der Waals surface area contributed by atoms with E-state index in [0.717, 1.165) is 0 Å². The van der Waals surface area contributed by atoms with Gasteiger partial charge in [-0.15, -0.1) is 0 Å². The summed E-state index contributed by atoms with van der Waals surface area (Å²) in [6.07, 6.45) is 0. The maximum absolute atomic E-state index is 2.47. The average Bonchev–Trinajstić information content (AvgIpc) is 3.29. The Balaban J connectivity index is 1.27. The van der Waals surface area contributed by atoms with Crippen molar-refractivity contribution in [1.29, 1.82) is 0 Å². The van der Waals surface area contributed by atoms with E-state index in [2.05, 4.69) is 218 Å². The molecule has 0 fully saturated rings. The molecular weight excluding hydrogens is 697 g/mol. The highest BCUT2D eigenvalue weighted by molar-refractivity contribution is 6.27. The lowest BCUT2D eigenvalue weighted by Gasteiger charge is -2.21. The van der Waals surface area contributed by atoms with E-state index in [9.17, 15) is 0 Å². The van der Waals surface area contributed by atoms with E-state index < -0.39 is 0 Å². The van der Waals surface area contributed by atoms with Gasteiger partial charge in [0.25, 0.3) is 0 Å². The number of benzene rings is 12. The van der Waals surface area contributed by atoms with Crippen LogP contribution in [0.25, 0.3) is 120 Å². The molecule has 0 spiro atoms. The molecule has 0 bridgehead atoms. The second-order valence-corrected chi connectivity index (χ2v) is 15.6. The van der Waals surface area contributed by atoms with Gasteiger partial charge in [0, 0.05) is 0 Å². The van der Waals surface area contributed by atoms with E-state index in [1.807, 2.05) is 0 Å². The minimum Gasteiger partial charge on any atom is -0.0616 e. The summed E-state index contributed by atoms with van der Waals surface area (Å²) in [4.78, 5) is 0. The van der Waals surface area contributed by atoms with Crippen molar-refractivity contribution in [3.63, 3.8) is 0 Å². The summed E-state index contributed by atoms with van der Waals surface area (Å²) in [6, 6.07) is 81.2. The highest BCUT2D eigenvalue weighted by Crippen LogP contribution is 2.49. The Hall–Kier alpha value is -7.54. The molecule has 0 aromatic heterocycles. The standard InChI is InChI=1S/C58H36/c1-2-16-40-33-44(28-27-37(40)13-1)57-52-31-29-43(48-26-12-19-39-15-4-7-21-46(39)48)36-56(52)58(54-34-41-17-5-8-22-49(41)50-23-9-10-24-51(50)54)53-32-30-42(35-55(53)57)47-25-11-18-38-14-3-6-20-45(38)47/h1-36H. The van der Waals surface area contributed by atoms with Crippen molar-refractivity contribution >= 4 is 75.4 Å². The maximum Gasteiger partial charge on any atom is -0.00197 e. The summed E-state index contributed by atoms with van der Waals surface area (Å²) in [6.45, 7) is 0.